The number of alkyl halides is 1. The Hall–Kier alpha value is -1.13. The summed E-state index contributed by atoms with van der Waals surface area (Å²) < 4.78 is 62.4. The zero-order valence-corrected chi connectivity index (χ0v) is 8.38. The van der Waals surface area contributed by atoms with E-state index in [0.717, 1.165) is 0 Å². The highest BCUT2D eigenvalue weighted by Crippen LogP contribution is 2.29. The Labute approximate surface area is 84.8 Å². The molecule has 15 heavy (non-hydrogen) atoms. The smallest absolute Gasteiger partial charge is 0.197 e. The first-order chi connectivity index (χ1) is 6.82. The largest absolute Gasteiger partial charge is 0.243 e. The van der Waals surface area contributed by atoms with E-state index in [2.05, 4.69) is 6.58 Å². The second-order valence-electron chi connectivity index (χ2n) is 3.16. The van der Waals surface area contributed by atoms with E-state index >= 15 is 0 Å². The van der Waals surface area contributed by atoms with Crippen LogP contribution in [0.1, 0.15) is 13.8 Å². The Morgan fingerprint density at radius 3 is 1.80 bits per heavy atom. The molecule has 0 saturated carbocycles. The maximum absolute atomic E-state index is 13.0. The van der Waals surface area contributed by atoms with Gasteiger partial charge in [-0.1, -0.05) is 20.4 Å². The molecule has 0 heterocycles. The minimum atomic E-state index is -2.16. The van der Waals surface area contributed by atoms with Gasteiger partial charge in [0.25, 0.3) is 0 Å². The molecule has 0 nitrogen and oxygen atoms in total. The zero-order valence-electron chi connectivity index (χ0n) is 8.38. The van der Waals surface area contributed by atoms with Gasteiger partial charge in [-0.25, -0.2) is 22.0 Å². The molecule has 0 saturated heterocycles. The molecular formula is C10H11F5. The number of hydrogen-bond donors (Lipinski definition) is 0. The Morgan fingerprint density at radius 2 is 1.47 bits per heavy atom. The summed E-state index contributed by atoms with van der Waals surface area (Å²) in [6.07, 6.45) is 0. The van der Waals surface area contributed by atoms with Crippen molar-refractivity contribution in [1.29, 1.82) is 0 Å². The fraction of sp³-hybridized carbons (Fsp3) is 0.400. The molecule has 0 rings (SSSR count). The van der Waals surface area contributed by atoms with Crippen LogP contribution < -0.4 is 0 Å². The van der Waals surface area contributed by atoms with Crippen molar-refractivity contribution >= 4 is 0 Å². The first-order valence-corrected chi connectivity index (χ1v) is 4.17. The molecule has 0 aliphatic heterocycles. The summed E-state index contributed by atoms with van der Waals surface area (Å²) in [7, 11) is 0. The molecule has 0 spiro atoms. The van der Waals surface area contributed by atoms with Crippen LogP contribution in [0.3, 0.4) is 0 Å². The van der Waals surface area contributed by atoms with E-state index in [1.165, 1.54) is 13.8 Å². The van der Waals surface area contributed by atoms with Crippen molar-refractivity contribution in [3.63, 3.8) is 0 Å². The molecule has 5 heteroatoms. The maximum Gasteiger partial charge on any atom is 0.197 e. The fourth-order valence-electron chi connectivity index (χ4n) is 0.669. The Bertz CT molecular complexity index is 312. The molecule has 0 atom stereocenters. The normalized spacial score (nSPS) is 14.9. The van der Waals surface area contributed by atoms with Crippen molar-refractivity contribution < 1.29 is 22.0 Å². The number of halogens is 5. The monoisotopic (exact) mass is 226 g/mol. The van der Waals surface area contributed by atoms with Crippen molar-refractivity contribution in [2.45, 2.75) is 13.8 Å². The highest BCUT2D eigenvalue weighted by Gasteiger charge is 2.20. The standard InChI is InChI=1S/C10H11F5/c1-5(2)6(3)8(13)10(15)9(14)7(12)4-11/h5H,3-4H2,1-2H3/b9-7-,10-8-. The summed E-state index contributed by atoms with van der Waals surface area (Å²) in [4.78, 5) is 0. The number of rotatable bonds is 4. The van der Waals surface area contributed by atoms with E-state index in [0.29, 0.717) is 0 Å². The van der Waals surface area contributed by atoms with Gasteiger partial charge in [0.1, 0.15) is 6.67 Å². The molecule has 0 fully saturated rings. The van der Waals surface area contributed by atoms with Gasteiger partial charge in [-0.15, -0.1) is 0 Å². The number of hydrogen-bond acceptors (Lipinski definition) is 0. The Morgan fingerprint density at radius 1 is 1.00 bits per heavy atom. The van der Waals surface area contributed by atoms with Gasteiger partial charge < -0.3 is 0 Å². The predicted octanol–water partition coefficient (Wildman–Crippen LogP) is 4.47. The lowest BCUT2D eigenvalue weighted by atomic mass is 10.0. The first-order valence-electron chi connectivity index (χ1n) is 4.17. The minimum absolute atomic E-state index is 0.311. The van der Waals surface area contributed by atoms with Crippen LogP contribution in [0.4, 0.5) is 22.0 Å². The van der Waals surface area contributed by atoms with E-state index in [1.54, 1.807) is 0 Å². The van der Waals surface area contributed by atoms with Gasteiger partial charge >= 0.3 is 0 Å². The van der Waals surface area contributed by atoms with Crippen molar-refractivity contribution in [3.05, 3.63) is 35.5 Å². The fourth-order valence-corrected chi connectivity index (χ4v) is 0.669. The lowest BCUT2D eigenvalue weighted by Gasteiger charge is -2.07. The van der Waals surface area contributed by atoms with Crippen molar-refractivity contribution in [3.8, 4) is 0 Å². The molecule has 0 N–H and O–H groups in total. The summed E-state index contributed by atoms with van der Waals surface area (Å²) in [5, 5.41) is 0. The molecule has 0 aliphatic rings. The topological polar surface area (TPSA) is 0 Å². The molecule has 0 aromatic heterocycles. The third kappa shape index (κ3) is 3.49. The van der Waals surface area contributed by atoms with Gasteiger partial charge in [0.2, 0.25) is 0 Å². The summed E-state index contributed by atoms with van der Waals surface area (Å²) in [5.74, 6) is -8.23. The van der Waals surface area contributed by atoms with Crippen LogP contribution in [-0.2, 0) is 0 Å². The van der Waals surface area contributed by atoms with E-state index in [4.69, 9.17) is 0 Å². The molecule has 0 aromatic rings. The highest BCUT2D eigenvalue weighted by atomic mass is 19.2. The van der Waals surface area contributed by atoms with Crippen molar-refractivity contribution in [2.24, 2.45) is 5.92 Å². The van der Waals surface area contributed by atoms with Gasteiger partial charge in [-0.05, 0) is 11.5 Å². The first kappa shape index (κ1) is 13.9. The molecule has 0 amide bonds. The average molecular weight is 226 g/mol. The molecule has 0 aromatic carbocycles. The van der Waals surface area contributed by atoms with Crippen LogP contribution in [0.2, 0.25) is 0 Å². The van der Waals surface area contributed by atoms with Crippen LogP contribution in [0.25, 0.3) is 0 Å². The third-order valence-electron chi connectivity index (χ3n) is 1.72. The molecule has 0 unspecified atom stereocenters. The molecule has 0 bridgehead atoms. The average Bonchev–Trinajstić information content (AvgIpc) is 2.23. The predicted molar refractivity (Wildman–Crippen MR) is 48.4 cm³/mol. The van der Waals surface area contributed by atoms with Crippen LogP contribution in [0.5, 0.6) is 0 Å². The summed E-state index contributed by atoms with van der Waals surface area (Å²) in [6.45, 7) is 4.35. The number of allylic oxidation sites excluding steroid dienone is 5. The van der Waals surface area contributed by atoms with Crippen LogP contribution in [-0.4, -0.2) is 6.67 Å². The maximum atomic E-state index is 13.0. The van der Waals surface area contributed by atoms with Gasteiger partial charge in [0.15, 0.2) is 23.3 Å². The van der Waals surface area contributed by atoms with Gasteiger partial charge in [-0.3, -0.25) is 0 Å². The quantitative estimate of drug-likeness (QED) is 0.490. The molecule has 86 valence electrons. The van der Waals surface area contributed by atoms with E-state index in [1.807, 2.05) is 0 Å². The summed E-state index contributed by atoms with van der Waals surface area (Å²) in [5.41, 5.74) is -0.311. The third-order valence-corrected chi connectivity index (χ3v) is 1.72. The second-order valence-corrected chi connectivity index (χ2v) is 3.16. The summed E-state index contributed by atoms with van der Waals surface area (Å²) in [6, 6.07) is 0. The second kappa shape index (κ2) is 5.68. The van der Waals surface area contributed by atoms with E-state index in [-0.39, 0.29) is 5.57 Å². The minimum Gasteiger partial charge on any atom is -0.243 e. The van der Waals surface area contributed by atoms with E-state index < -0.39 is 35.9 Å². The van der Waals surface area contributed by atoms with Crippen LogP contribution in [0, 0.1) is 5.92 Å². The van der Waals surface area contributed by atoms with Crippen molar-refractivity contribution in [2.75, 3.05) is 6.67 Å². The van der Waals surface area contributed by atoms with Gasteiger partial charge in [-0.2, -0.15) is 0 Å². The zero-order chi connectivity index (χ0) is 12.2. The van der Waals surface area contributed by atoms with Crippen LogP contribution >= 0.6 is 0 Å². The Kier molecular flexibility index (Phi) is 5.25. The lowest BCUT2D eigenvalue weighted by Crippen LogP contribution is -1.96. The molecule has 0 aliphatic carbocycles. The Balaban J connectivity index is 5.20. The van der Waals surface area contributed by atoms with Crippen molar-refractivity contribution in [1.82, 2.24) is 0 Å². The lowest BCUT2D eigenvalue weighted by molar-refractivity contribution is 0.410. The van der Waals surface area contributed by atoms with Gasteiger partial charge in [0, 0.05) is 0 Å². The van der Waals surface area contributed by atoms with Crippen LogP contribution in [0.15, 0.2) is 35.5 Å². The molecular weight excluding hydrogens is 215 g/mol. The molecule has 0 radical (unpaired) electrons. The highest BCUT2D eigenvalue weighted by molar-refractivity contribution is 5.35. The van der Waals surface area contributed by atoms with E-state index in [9.17, 15) is 22.0 Å². The summed E-state index contributed by atoms with van der Waals surface area (Å²) >= 11 is 0. The van der Waals surface area contributed by atoms with Gasteiger partial charge in [0.05, 0.1) is 0 Å². The SMILES string of the molecule is C=C(/C(F)=C(F)\C(F)=C(\F)CF)C(C)C.